The molecule has 2 rings (SSSR count). The lowest BCUT2D eigenvalue weighted by atomic mass is 9.94. The van der Waals surface area contributed by atoms with Crippen LogP contribution in [0.2, 0.25) is 0 Å². The summed E-state index contributed by atoms with van der Waals surface area (Å²) in [6.07, 6.45) is 3.48. The van der Waals surface area contributed by atoms with Gasteiger partial charge in [-0.3, -0.25) is 0 Å². The number of rotatable bonds is 8. The maximum Gasteiger partial charge on any atom is 0.0925 e. The number of benzene rings is 2. The highest BCUT2D eigenvalue weighted by Crippen LogP contribution is 2.26. The van der Waals surface area contributed by atoms with E-state index in [4.69, 9.17) is 0 Å². The molecular formula is C25H33NO. The predicted octanol–water partition coefficient (Wildman–Crippen LogP) is 6.96. The first kappa shape index (κ1) is 20.8. The van der Waals surface area contributed by atoms with Gasteiger partial charge in [-0.05, 0) is 55.0 Å². The fourth-order valence-electron chi connectivity index (χ4n) is 3.37. The van der Waals surface area contributed by atoms with Crippen LogP contribution >= 0.6 is 0 Å². The van der Waals surface area contributed by atoms with Gasteiger partial charge < -0.3 is 10.4 Å². The second kappa shape index (κ2) is 9.45. The smallest absolute Gasteiger partial charge is 0.0925 e. The zero-order valence-corrected chi connectivity index (χ0v) is 17.3. The molecule has 1 unspecified atom stereocenters. The third kappa shape index (κ3) is 6.32. The van der Waals surface area contributed by atoms with Crippen molar-refractivity contribution in [1.29, 1.82) is 0 Å². The van der Waals surface area contributed by atoms with Crippen LogP contribution in [0.25, 0.3) is 11.8 Å². The van der Waals surface area contributed by atoms with E-state index in [0.29, 0.717) is 18.1 Å². The molecule has 2 N–H and O–H groups in total. The molecule has 0 bridgehead atoms. The van der Waals surface area contributed by atoms with Crippen molar-refractivity contribution in [2.24, 2.45) is 5.92 Å². The van der Waals surface area contributed by atoms with E-state index in [9.17, 15) is 5.11 Å². The number of hydrogen-bond donors (Lipinski definition) is 2. The van der Waals surface area contributed by atoms with Gasteiger partial charge in [0.15, 0.2) is 0 Å². The molecular weight excluding hydrogens is 330 g/mol. The molecule has 0 aromatic heterocycles. The van der Waals surface area contributed by atoms with Crippen molar-refractivity contribution in [3.05, 3.63) is 82.6 Å². The molecule has 0 spiro atoms. The van der Waals surface area contributed by atoms with Crippen LogP contribution in [-0.4, -0.2) is 5.11 Å². The molecule has 0 aliphatic heterocycles. The Balaban J connectivity index is 2.27. The Kier molecular flexibility index (Phi) is 7.29. The van der Waals surface area contributed by atoms with E-state index >= 15 is 0 Å². The van der Waals surface area contributed by atoms with Crippen LogP contribution in [0, 0.1) is 19.8 Å². The highest BCUT2D eigenvalue weighted by molar-refractivity contribution is 5.66. The lowest BCUT2D eigenvalue weighted by molar-refractivity contribution is 0.400. The van der Waals surface area contributed by atoms with Crippen LogP contribution in [0.3, 0.4) is 0 Å². The van der Waals surface area contributed by atoms with Crippen molar-refractivity contribution in [2.45, 2.75) is 53.5 Å². The van der Waals surface area contributed by atoms with Crippen LogP contribution in [0.15, 0.2) is 54.8 Å². The molecule has 2 nitrogen and oxygen atoms in total. The Labute approximate surface area is 164 Å². The average molecular weight is 364 g/mol. The third-order valence-corrected chi connectivity index (χ3v) is 4.63. The lowest BCUT2D eigenvalue weighted by Gasteiger charge is -2.24. The van der Waals surface area contributed by atoms with E-state index in [1.165, 1.54) is 16.7 Å². The van der Waals surface area contributed by atoms with E-state index in [1.54, 1.807) is 0 Å². The Morgan fingerprint density at radius 2 is 1.78 bits per heavy atom. The van der Waals surface area contributed by atoms with Gasteiger partial charge in [-0.15, -0.1) is 0 Å². The molecule has 0 saturated heterocycles. The molecule has 2 heteroatoms. The zero-order chi connectivity index (χ0) is 20.0. The molecule has 0 fully saturated rings. The summed E-state index contributed by atoms with van der Waals surface area (Å²) < 4.78 is 0. The average Bonchev–Trinajstić information content (AvgIpc) is 2.60. The molecule has 0 heterocycles. The highest BCUT2D eigenvalue weighted by atomic mass is 16.3. The van der Waals surface area contributed by atoms with E-state index in [1.807, 2.05) is 25.1 Å². The van der Waals surface area contributed by atoms with Crippen molar-refractivity contribution >= 4 is 11.8 Å². The zero-order valence-electron chi connectivity index (χ0n) is 17.3. The van der Waals surface area contributed by atoms with Crippen LogP contribution in [-0.2, 0) is 0 Å². The summed E-state index contributed by atoms with van der Waals surface area (Å²) in [5.74, 6) is 0.963. The fraction of sp³-hybridized carbons (Fsp3) is 0.360. The Morgan fingerprint density at radius 3 is 2.37 bits per heavy atom. The standard InChI is InChI=1S/C25H33NO/c1-7-24(27)16-21-9-8-10-22(15-21)20(6)26-25(11-17(2)3)23-13-18(4)12-19(5)14-23/h8-10,12-17,25-27H,6-7,11H2,1-5H3/b24-16-. The maximum atomic E-state index is 9.81. The summed E-state index contributed by atoms with van der Waals surface area (Å²) >= 11 is 0. The van der Waals surface area contributed by atoms with E-state index < -0.39 is 0 Å². The summed E-state index contributed by atoms with van der Waals surface area (Å²) in [6.45, 7) is 15.0. The van der Waals surface area contributed by atoms with Gasteiger partial charge in [0.1, 0.15) is 0 Å². The van der Waals surface area contributed by atoms with Crippen molar-refractivity contribution < 1.29 is 5.11 Å². The SMILES string of the molecule is C=C(NC(CC(C)C)c1cc(C)cc(C)c1)c1cccc(/C=C(\O)CC)c1. The summed E-state index contributed by atoms with van der Waals surface area (Å²) in [6, 6.07) is 15.1. The van der Waals surface area contributed by atoms with E-state index in [2.05, 4.69) is 69.9 Å². The highest BCUT2D eigenvalue weighted by Gasteiger charge is 2.15. The maximum absolute atomic E-state index is 9.81. The predicted molar refractivity (Wildman–Crippen MR) is 118 cm³/mol. The largest absolute Gasteiger partial charge is 0.512 e. The van der Waals surface area contributed by atoms with Gasteiger partial charge in [0.05, 0.1) is 11.8 Å². The van der Waals surface area contributed by atoms with E-state index in [-0.39, 0.29) is 6.04 Å². The molecule has 0 saturated carbocycles. The van der Waals surface area contributed by atoms with Gasteiger partial charge in [-0.25, -0.2) is 0 Å². The van der Waals surface area contributed by atoms with Crippen LogP contribution < -0.4 is 5.32 Å². The molecule has 2 aromatic carbocycles. The molecule has 27 heavy (non-hydrogen) atoms. The van der Waals surface area contributed by atoms with Crippen LogP contribution in [0.1, 0.15) is 67.5 Å². The summed E-state index contributed by atoms with van der Waals surface area (Å²) in [7, 11) is 0. The van der Waals surface area contributed by atoms with Crippen molar-refractivity contribution in [3.63, 3.8) is 0 Å². The molecule has 0 aliphatic carbocycles. The number of aryl methyl sites for hydroxylation is 2. The van der Waals surface area contributed by atoms with Gasteiger partial charge in [0.25, 0.3) is 0 Å². The van der Waals surface area contributed by atoms with Gasteiger partial charge >= 0.3 is 0 Å². The lowest BCUT2D eigenvalue weighted by Crippen LogP contribution is -2.21. The second-order valence-corrected chi connectivity index (χ2v) is 7.84. The summed E-state index contributed by atoms with van der Waals surface area (Å²) in [5, 5.41) is 13.5. The first-order valence-corrected chi connectivity index (χ1v) is 9.82. The molecule has 144 valence electrons. The summed E-state index contributed by atoms with van der Waals surface area (Å²) in [4.78, 5) is 0. The number of aliphatic hydroxyl groups is 1. The van der Waals surface area contributed by atoms with Crippen molar-refractivity contribution in [1.82, 2.24) is 5.32 Å². The van der Waals surface area contributed by atoms with Gasteiger partial charge in [0, 0.05) is 12.1 Å². The Morgan fingerprint density at radius 1 is 1.11 bits per heavy atom. The topological polar surface area (TPSA) is 32.3 Å². The minimum Gasteiger partial charge on any atom is -0.512 e. The van der Waals surface area contributed by atoms with Gasteiger partial charge in [0.2, 0.25) is 0 Å². The van der Waals surface area contributed by atoms with Crippen molar-refractivity contribution in [3.8, 4) is 0 Å². The van der Waals surface area contributed by atoms with Gasteiger partial charge in [-0.2, -0.15) is 0 Å². The molecule has 1 atom stereocenters. The van der Waals surface area contributed by atoms with Gasteiger partial charge in [-0.1, -0.05) is 74.9 Å². The monoisotopic (exact) mass is 363 g/mol. The first-order chi connectivity index (χ1) is 12.8. The Hall–Kier alpha value is -2.48. The number of aliphatic hydroxyl groups excluding tert-OH is 1. The van der Waals surface area contributed by atoms with Crippen LogP contribution in [0.5, 0.6) is 0 Å². The molecule has 0 aliphatic rings. The number of nitrogens with one attached hydrogen (secondary N) is 1. The minimum atomic E-state index is 0.222. The normalized spacial score (nSPS) is 12.9. The third-order valence-electron chi connectivity index (χ3n) is 4.63. The quantitative estimate of drug-likeness (QED) is 0.497. The minimum absolute atomic E-state index is 0.222. The summed E-state index contributed by atoms with van der Waals surface area (Å²) in [5.41, 5.74) is 6.82. The fourth-order valence-corrected chi connectivity index (χ4v) is 3.37. The Bertz CT molecular complexity index is 797. The van der Waals surface area contributed by atoms with Crippen molar-refractivity contribution in [2.75, 3.05) is 0 Å². The first-order valence-electron chi connectivity index (χ1n) is 9.82. The number of hydrogen-bond acceptors (Lipinski definition) is 2. The molecule has 2 aromatic rings. The second-order valence-electron chi connectivity index (χ2n) is 7.84. The van der Waals surface area contributed by atoms with Crippen LogP contribution in [0.4, 0.5) is 0 Å². The molecule has 0 radical (unpaired) electrons. The number of allylic oxidation sites excluding steroid dienone is 1. The van der Waals surface area contributed by atoms with E-state index in [0.717, 1.165) is 23.2 Å². The molecule has 0 amide bonds.